The van der Waals surface area contributed by atoms with E-state index >= 15 is 0 Å². The standard InChI is InChI=1S/C21H24N2O3/c1-25-17-6-4-5-16(13-17)18-7-2-3-8-19(18)22-21(24)26-20-14-23-11-9-15(20)10-12-23/h2-8,13,15,20H,9-12,14H2,1H3,(H,22,24). The van der Waals surface area contributed by atoms with E-state index in [0.29, 0.717) is 5.92 Å². The maximum atomic E-state index is 12.5. The van der Waals surface area contributed by atoms with Crippen LogP contribution in [0.5, 0.6) is 5.75 Å². The molecular formula is C21H24N2O3. The van der Waals surface area contributed by atoms with Crippen molar-refractivity contribution in [1.29, 1.82) is 0 Å². The van der Waals surface area contributed by atoms with Crippen molar-refractivity contribution in [3.05, 3.63) is 48.5 Å². The van der Waals surface area contributed by atoms with Gasteiger partial charge in [0.15, 0.2) is 0 Å². The Labute approximate surface area is 153 Å². The molecule has 1 amide bonds. The summed E-state index contributed by atoms with van der Waals surface area (Å²) in [4.78, 5) is 14.9. The zero-order chi connectivity index (χ0) is 17.9. The Balaban J connectivity index is 1.49. The van der Waals surface area contributed by atoms with Gasteiger partial charge in [0.2, 0.25) is 0 Å². The summed E-state index contributed by atoms with van der Waals surface area (Å²) in [7, 11) is 1.65. The lowest BCUT2D eigenvalue weighted by Gasteiger charge is -2.43. The van der Waals surface area contributed by atoms with E-state index in [-0.39, 0.29) is 12.2 Å². The molecule has 0 saturated carbocycles. The van der Waals surface area contributed by atoms with E-state index in [4.69, 9.17) is 9.47 Å². The van der Waals surface area contributed by atoms with Gasteiger partial charge < -0.3 is 9.47 Å². The van der Waals surface area contributed by atoms with Gasteiger partial charge >= 0.3 is 6.09 Å². The Morgan fingerprint density at radius 2 is 1.92 bits per heavy atom. The van der Waals surface area contributed by atoms with Gasteiger partial charge in [-0.05, 0) is 55.6 Å². The van der Waals surface area contributed by atoms with Crippen LogP contribution >= 0.6 is 0 Å². The van der Waals surface area contributed by atoms with E-state index < -0.39 is 0 Å². The number of nitrogens with zero attached hydrogens (tertiary/aromatic N) is 1. The summed E-state index contributed by atoms with van der Waals surface area (Å²) in [6, 6.07) is 15.6. The van der Waals surface area contributed by atoms with Crippen molar-refractivity contribution < 1.29 is 14.3 Å². The van der Waals surface area contributed by atoms with Crippen LogP contribution in [0, 0.1) is 5.92 Å². The molecule has 2 bridgehead atoms. The molecule has 5 rings (SSSR count). The fourth-order valence-electron chi connectivity index (χ4n) is 3.96. The summed E-state index contributed by atoms with van der Waals surface area (Å²) in [5, 5.41) is 2.93. The number of ether oxygens (including phenoxy) is 2. The molecule has 5 heteroatoms. The summed E-state index contributed by atoms with van der Waals surface area (Å²) < 4.78 is 11.1. The molecule has 0 aromatic heterocycles. The van der Waals surface area contributed by atoms with Crippen LogP contribution in [0.15, 0.2) is 48.5 Å². The molecule has 1 unspecified atom stereocenters. The van der Waals surface area contributed by atoms with E-state index in [1.165, 1.54) is 0 Å². The zero-order valence-corrected chi connectivity index (χ0v) is 15.0. The fourth-order valence-corrected chi connectivity index (χ4v) is 3.96. The number of benzene rings is 2. The molecule has 5 nitrogen and oxygen atoms in total. The van der Waals surface area contributed by atoms with Gasteiger partial charge in [-0.3, -0.25) is 10.2 Å². The summed E-state index contributed by atoms with van der Waals surface area (Å²) in [5.41, 5.74) is 2.67. The maximum absolute atomic E-state index is 12.5. The van der Waals surface area contributed by atoms with Crippen molar-refractivity contribution in [2.45, 2.75) is 18.9 Å². The SMILES string of the molecule is COc1cccc(-c2ccccc2NC(=O)OC2CN3CCC2CC3)c1. The smallest absolute Gasteiger partial charge is 0.411 e. The van der Waals surface area contributed by atoms with Gasteiger partial charge in [-0.25, -0.2) is 4.79 Å². The third kappa shape index (κ3) is 3.53. The molecule has 2 aromatic rings. The molecule has 26 heavy (non-hydrogen) atoms. The number of nitrogens with one attached hydrogen (secondary N) is 1. The minimum atomic E-state index is -0.376. The molecule has 0 aliphatic carbocycles. The highest BCUT2D eigenvalue weighted by Gasteiger charge is 2.36. The second-order valence-corrected chi connectivity index (χ2v) is 6.98. The van der Waals surface area contributed by atoms with E-state index in [1.807, 2.05) is 48.5 Å². The van der Waals surface area contributed by atoms with Crippen LogP contribution < -0.4 is 10.1 Å². The van der Waals surface area contributed by atoms with Crippen LogP contribution in [0.1, 0.15) is 12.8 Å². The van der Waals surface area contributed by atoms with E-state index in [9.17, 15) is 4.79 Å². The molecule has 0 spiro atoms. The van der Waals surface area contributed by atoms with Gasteiger partial charge in [0.25, 0.3) is 0 Å². The lowest BCUT2D eigenvalue weighted by atomic mass is 9.86. The normalized spacial score (nSPS) is 24.1. The van der Waals surface area contributed by atoms with Crippen LogP contribution in [-0.2, 0) is 4.74 Å². The Morgan fingerprint density at radius 1 is 1.12 bits per heavy atom. The first-order valence-corrected chi connectivity index (χ1v) is 9.16. The van der Waals surface area contributed by atoms with Crippen LogP contribution in [0.25, 0.3) is 11.1 Å². The molecule has 0 radical (unpaired) electrons. The van der Waals surface area contributed by atoms with E-state index in [1.54, 1.807) is 7.11 Å². The van der Waals surface area contributed by atoms with Crippen molar-refractivity contribution in [3.8, 4) is 16.9 Å². The largest absolute Gasteiger partial charge is 0.497 e. The molecule has 3 aliphatic rings. The number of para-hydroxylation sites is 1. The minimum absolute atomic E-state index is 0.00137. The van der Waals surface area contributed by atoms with Gasteiger partial charge in [-0.2, -0.15) is 0 Å². The predicted octanol–water partition coefficient (Wildman–Crippen LogP) is 4.00. The van der Waals surface area contributed by atoms with Crippen LogP contribution in [0.2, 0.25) is 0 Å². The lowest BCUT2D eigenvalue weighted by molar-refractivity contribution is -0.0289. The fraction of sp³-hybridized carbons (Fsp3) is 0.381. The number of amides is 1. The highest BCUT2D eigenvalue weighted by Crippen LogP contribution is 2.32. The quantitative estimate of drug-likeness (QED) is 0.903. The summed E-state index contributed by atoms with van der Waals surface area (Å²) >= 11 is 0. The highest BCUT2D eigenvalue weighted by molar-refractivity contribution is 5.91. The second-order valence-electron chi connectivity index (χ2n) is 6.98. The molecule has 3 saturated heterocycles. The van der Waals surface area contributed by atoms with Gasteiger partial charge in [0.1, 0.15) is 11.9 Å². The highest BCUT2D eigenvalue weighted by atomic mass is 16.6. The molecular weight excluding hydrogens is 328 g/mol. The maximum Gasteiger partial charge on any atom is 0.411 e. The number of anilines is 1. The number of carbonyl (C=O) groups excluding carboxylic acids is 1. The van der Waals surface area contributed by atoms with Crippen LogP contribution in [0.3, 0.4) is 0 Å². The monoisotopic (exact) mass is 352 g/mol. The van der Waals surface area contributed by atoms with Gasteiger partial charge in [-0.15, -0.1) is 0 Å². The predicted molar refractivity (Wildman–Crippen MR) is 101 cm³/mol. The first kappa shape index (κ1) is 16.9. The molecule has 1 N–H and O–H groups in total. The number of piperidine rings is 3. The Morgan fingerprint density at radius 3 is 2.65 bits per heavy atom. The van der Waals surface area contributed by atoms with Gasteiger partial charge in [0, 0.05) is 12.1 Å². The Hall–Kier alpha value is -2.53. The summed E-state index contributed by atoms with van der Waals surface area (Å²) in [6.07, 6.45) is 1.87. The van der Waals surface area contributed by atoms with E-state index in [0.717, 1.165) is 55.0 Å². The number of hydrogen-bond donors (Lipinski definition) is 1. The number of rotatable bonds is 4. The average molecular weight is 352 g/mol. The summed E-state index contributed by atoms with van der Waals surface area (Å²) in [6.45, 7) is 3.12. The third-order valence-corrected chi connectivity index (χ3v) is 5.40. The van der Waals surface area contributed by atoms with Gasteiger partial charge in [-0.1, -0.05) is 30.3 Å². The number of hydrogen-bond acceptors (Lipinski definition) is 4. The molecule has 3 heterocycles. The summed E-state index contributed by atoms with van der Waals surface area (Å²) in [5.74, 6) is 1.28. The number of fused-ring (bicyclic) bond motifs is 3. The Kier molecular flexibility index (Phi) is 4.80. The molecule has 3 aliphatic heterocycles. The zero-order valence-electron chi connectivity index (χ0n) is 15.0. The van der Waals surface area contributed by atoms with Gasteiger partial charge in [0.05, 0.1) is 12.8 Å². The number of methoxy groups -OCH3 is 1. The van der Waals surface area contributed by atoms with Crippen molar-refractivity contribution in [1.82, 2.24) is 4.90 Å². The van der Waals surface area contributed by atoms with E-state index in [2.05, 4.69) is 10.2 Å². The first-order valence-electron chi connectivity index (χ1n) is 9.16. The van der Waals surface area contributed by atoms with Crippen LogP contribution in [-0.4, -0.2) is 43.8 Å². The Bertz CT molecular complexity index is 784. The lowest BCUT2D eigenvalue weighted by Crippen LogP contribution is -2.52. The molecule has 1 atom stereocenters. The third-order valence-electron chi connectivity index (χ3n) is 5.40. The second kappa shape index (κ2) is 7.38. The number of carbonyl (C=O) groups is 1. The molecule has 136 valence electrons. The van der Waals surface area contributed by atoms with Crippen molar-refractivity contribution >= 4 is 11.8 Å². The topological polar surface area (TPSA) is 50.8 Å². The minimum Gasteiger partial charge on any atom is -0.497 e. The molecule has 3 fully saturated rings. The first-order chi connectivity index (χ1) is 12.7. The van der Waals surface area contributed by atoms with Crippen molar-refractivity contribution in [2.75, 3.05) is 32.1 Å². The van der Waals surface area contributed by atoms with Crippen molar-refractivity contribution in [3.63, 3.8) is 0 Å². The average Bonchev–Trinajstić information content (AvgIpc) is 2.69. The van der Waals surface area contributed by atoms with Crippen LogP contribution in [0.4, 0.5) is 10.5 Å². The molecule has 2 aromatic carbocycles. The van der Waals surface area contributed by atoms with Crippen molar-refractivity contribution in [2.24, 2.45) is 5.92 Å².